The van der Waals surface area contributed by atoms with E-state index in [1.807, 2.05) is 11.6 Å². The molecule has 3 nitrogen and oxygen atoms in total. The molecule has 0 bridgehead atoms. The number of nitrogens with zero attached hydrogens (tertiary/aromatic N) is 2. The van der Waals surface area contributed by atoms with E-state index in [1.54, 1.807) is 11.3 Å². The molecule has 0 fully saturated rings. The molecule has 0 saturated heterocycles. The Kier molecular flexibility index (Phi) is 3.97. The summed E-state index contributed by atoms with van der Waals surface area (Å²) in [6.45, 7) is 4.15. The molecule has 0 aliphatic heterocycles. The Labute approximate surface area is 111 Å². The number of rotatable bonds is 3. The first-order valence-corrected chi connectivity index (χ1v) is 7.07. The van der Waals surface area contributed by atoms with Crippen molar-refractivity contribution in [1.29, 1.82) is 0 Å². The zero-order valence-electron chi connectivity index (χ0n) is 11.1. The minimum Gasteiger partial charge on any atom is -0.319 e. The Bertz CT molecular complexity index is 637. The van der Waals surface area contributed by atoms with E-state index >= 15 is 0 Å². The summed E-state index contributed by atoms with van der Waals surface area (Å²) in [5.74, 6) is -0.0178. The van der Waals surface area contributed by atoms with E-state index in [0.717, 1.165) is 23.2 Å². The number of aromatic nitrogens is 1. The predicted molar refractivity (Wildman–Crippen MR) is 75.6 cm³/mol. The Morgan fingerprint density at radius 2 is 2.22 bits per heavy atom. The molecule has 1 heterocycles. The van der Waals surface area contributed by atoms with Crippen LogP contribution in [-0.4, -0.2) is 10.5 Å². The second-order valence-electron chi connectivity index (χ2n) is 4.52. The second-order valence-corrected chi connectivity index (χ2v) is 5.53. The van der Waals surface area contributed by atoms with E-state index in [1.165, 1.54) is 10.3 Å². The molecular formula is C14H18N2OS. The molecule has 0 aliphatic carbocycles. The Morgan fingerprint density at radius 3 is 2.94 bits per heavy atom. The van der Waals surface area contributed by atoms with E-state index in [0.29, 0.717) is 6.42 Å². The highest BCUT2D eigenvalue weighted by Crippen LogP contribution is 2.17. The fraction of sp³-hybridized carbons (Fsp3) is 0.429. The molecule has 0 radical (unpaired) electrons. The summed E-state index contributed by atoms with van der Waals surface area (Å²) in [5.41, 5.74) is 2.36. The maximum absolute atomic E-state index is 11.7. The van der Waals surface area contributed by atoms with Crippen molar-refractivity contribution < 1.29 is 4.79 Å². The summed E-state index contributed by atoms with van der Waals surface area (Å²) in [7, 11) is 1.96. The summed E-state index contributed by atoms with van der Waals surface area (Å²) in [4.78, 5) is 16.7. The molecule has 1 aromatic carbocycles. The smallest absolute Gasteiger partial charge is 0.248 e. The minimum absolute atomic E-state index is 0.0178. The van der Waals surface area contributed by atoms with Crippen LogP contribution in [0.3, 0.4) is 0 Å². The maximum atomic E-state index is 11.7. The van der Waals surface area contributed by atoms with Gasteiger partial charge in [0.05, 0.1) is 10.2 Å². The molecule has 4 heteroatoms. The Balaban J connectivity index is 2.42. The van der Waals surface area contributed by atoms with Crippen molar-refractivity contribution in [3.05, 3.63) is 28.6 Å². The normalized spacial score (nSPS) is 12.3. The largest absolute Gasteiger partial charge is 0.319 e. The van der Waals surface area contributed by atoms with E-state index in [9.17, 15) is 4.79 Å². The molecule has 0 saturated carbocycles. The zero-order valence-corrected chi connectivity index (χ0v) is 11.9. The van der Waals surface area contributed by atoms with Crippen molar-refractivity contribution in [2.45, 2.75) is 33.1 Å². The molecule has 2 rings (SSSR count). The third-order valence-corrected chi connectivity index (χ3v) is 4.02. The van der Waals surface area contributed by atoms with Gasteiger partial charge in [-0.1, -0.05) is 30.7 Å². The maximum Gasteiger partial charge on any atom is 0.248 e. The lowest BCUT2D eigenvalue weighted by Crippen LogP contribution is -2.12. The fourth-order valence-electron chi connectivity index (χ4n) is 1.84. The standard InChI is InChI=1S/C14H18N2OS/c1-4-5-6-13(17)15-14-16(3)11-8-7-10(2)9-12(11)18-14/h7-9H,4-6H2,1-3H3. The van der Waals surface area contributed by atoms with Gasteiger partial charge in [-0.25, -0.2) is 0 Å². The number of amides is 1. The highest BCUT2D eigenvalue weighted by molar-refractivity contribution is 7.16. The molecule has 1 amide bonds. The van der Waals surface area contributed by atoms with E-state index in [2.05, 4.69) is 37.0 Å². The molecule has 0 atom stereocenters. The van der Waals surface area contributed by atoms with Gasteiger partial charge in [0, 0.05) is 13.5 Å². The molecule has 0 spiro atoms. The van der Waals surface area contributed by atoms with Crippen LogP contribution in [0.1, 0.15) is 31.7 Å². The lowest BCUT2D eigenvalue weighted by molar-refractivity contribution is -0.118. The molecule has 0 aliphatic rings. The van der Waals surface area contributed by atoms with E-state index in [-0.39, 0.29) is 5.91 Å². The summed E-state index contributed by atoms with van der Waals surface area (Å²) in [6, 6.07) is 6.30. The average molecular weight is 262 g/mol. The van der Waals surface area contributed by atoms with Gasteiger partial charge in [-0.15, -0.1) is 0 Å². The van der Waals surface area contributed by atoms with Gasteiger partial charge < -0.3 is 4.57 Å². The first kappa shape index (κ1) is 13.0. The zero-order chi connectivity index (χ0) is 13.1. The van der Waals surface area contributed by atoms with E-state index < -0.39 is 0 Å². The van der Waals surface area contributed by atoms with Crippen LogP contribution in [0, 0.1) is 6.92 Å². The number of carbonyl (C=O) groups is 1. The van der Waals surface area contributed by atoms with Crippen molar-refractivity contribution in [2.75, 3.05) is 0 Å². The van der Waals surface area contributed by atoms with Crippen LogP contribution in [-0.2, 0) is 11.8 Å². The monoisotopic (exact) mass is 262 g/mol. The predicted octanol–water partition coefficient (Wildman–Crippen LogP) is 3.17. The summed E-state index contributed by atoms with van der Waals surface area (Å²) >= 11 is 1.58. The highest BCUT2D eigenvalue weighted by Gasteiger charge is 2.04. The lowest BCUT2D eigenvalue weighted by Gasteiger charge is -1.96. The van der Waals surface area contributed by atoms with Gasteiger partial charge in [0.2, 0.25) is 5.91 Å². The van der Waals surface area contributed by atoms with Crippen molar-refractivity contribution >= 4 is 27.5 Å². The van der Waals surface area contributed by atoms with Gasteiger partial charge in [0.15, 0.2) is 4.80 Å². The van der Waals surface area contributed by atoms with Crippen LogP contribution in [0.15, 0.2) is 23.2 Å². The molecule has 96 valence electrons. The number of hydrogen-bond acceptors (Lipinski definition) is 2. The molecule has 0 N–H and O–H groups in total. The van der Waals surface area contributed by atoms with Gasteiger partial charge in [-0.2, -0.15) is 4.99 Å². The van der Waals surface area contributed by atoms with Gasteiger partial charge in [-0.05, 0) is 31.0 Å². The SMILES string of the molecule is CCCCC(=O)N=c1sc2cc(C)ccc2n1C. The van der Waals surface area contributed by atoms with Crippen molar-refractivity contribution in [3.8, 4) is 0 Å². The van der Waals surface area contributed by atoms with Crippen molar-refractivity contribution in [2.24, 2.45) is 12.0 Å². The molecule has 0 unspecified atom stereocenters. The lowest BCUT2D eigenvalue weighted by atomic mass is 10.2. The van der Waals surface area contributed by atoms with Crippen molar-refractivity contribution in [1.82, 2.24) is 4.57 Å². The number of aryl methyl sites for hydroxylation is 2. The van der Waals surface area contributed by atoms with Crippen LogP contribution in [0.2, 0.25) is 0 Å². The third-order valence-electron chi connectivity index (χ3n) is 2.93. The van der Waals surface area contributed by atoms with Gasteiger partial charge in [-0.3, -0.25) is 4.79 Å². The first-order chi connectivity index (χ1) is 8.61. The first-order valence-electron chi connectivity index (χ1n) is 6.25. The third kappa shape index (κ3) is 2.70. The van der Waals surface area contributed by atoms with Gasteiger partial charge >= 0.3 is 0 Å². The van der Waals surface area contributed by atoms with Crippen LogP contribution < -0.4 is 4.80 Å². The highest BCUT2D eigenvalue weighted by atomic mass is 32.1. The quantitative estimate of drug-likeness (QED) is 0.836. The van der Waals surface area contributed by atoms with Gasteiger partial charge in [0.1, 0.15) is 0 Å². The number of benzene rings is 1. The molecular weight excluding hydrogens is 244 g/mol. The topological polar surface area (TPSA) is 34.4 Å². The molecule has 1 aromatic heterocycles. The Hall–Kier alpha value is -1.42. The minimum atomic E-state index is -0.0178. The van der Waals surface area contributed by atoms with Crippen molar-refractivity contribution in [3.63, 3.8) is 0 Å². The van der Waals surface area contributed by atoms with Crippen LogP contribution in [0.25, 0.3) is 10.2 Å². The van der Waals surface area contributed by atoms with Crippen LogP contribution in [0.4, 0.5) is 0 Å². The number of fused-ring (bicyclic) bond motifs is 1. The molecule has 2 aromatic rings. The van der Waals surface area contributed by atoms with Crippen LogP contribution >= 0.6 is 11.3 Å². The number of unbranched alkanes of at least 4 members (excludes halogenated alkanes) is 1. The summed E-state index contributed by atoms with van der Waals surface area (Å²) < 4.78 is 3.17. The average Bonchev–Trinajstić information content (AvgIpc) is 2.63. The number of carbonyl (C=O) groups excluding carboxylic acids is 1. The summed E-state index contributed by atoms with van der Waals surface area (Å²) in [6.07, 6.45) is 2.48. The fourth-order valence-corrected chi connectivity index (χ4v) is 2.97. The van der Waals surface area contributed by atoms with Crippen LogP contribution in [0.5, 0.6) is 0 Å². The molecule has 18 heavy (non-hydrogen) atoms. The second kappa shape index (κ2) is 5.48. The van der Waals surface area contributed by atoms with Gasteiger partial charge in [0.25, 0.3) is 0 Å². The Morgan fingerprint density at radius 1 is 1.44 bits per heavy atom. The van der Waals surface area contributed by atoms with E-state index in [4.69, 9.17) is 0 Å². The number of hydrogen-bond donors (Lipinski definition) is 0. The number of thiazole rings is 1. The summed E-state index contributed by atoms with van der Waals surface area (Å²) in [5, 5.41) is 0.